The van der Waals surface area contributed by atoms with E-state index in [0.29, 0.717) is 34.4 Å². The van der Waals surface area contributed by atoms with Gasteiger partial charge >= 0.3 is 0 Å². The summed E-state index contributed by atoms with van der Waals surface area (Å²) >= 11 is 6.10. The van der Waals surface area contributed by atoms with Gasteiger partial charge in [0.2, 0.25) is 5.91 Å². The number of amides is 2. The molecule has 150 valence electrons. The van der Waals surface area contributed by atoms with E-state index in [1.807, 2.05) is 20.8 Å². The normalized spacial score (nSPS) is 11.6. The molecule has 1 atom stereocenters. The van der Waals surface area contributed by atoms with E-state index in [2.05, 4.69) is 10.6 Å². The molecule has 0 fully saturated rings. The van der Waals surface area contributed by atoms with Gasteiger partial charge in [-0.1, -0.05) is 25.4 Å². The van der Waals surface area contributed by atoms with Crippen LogP contribution in [0.3, 0.4) is 0 Å². The highest BCUT2D eigenvalue weighted by Crippen LogP contribution is 2.27. The molecule has 2 amide bonds. The molecule has 2 N–H and O–H groups in total. The van der Waals surface area contributed by atoms with E-state index >= 15 is 0 Å². The fraction of sp³-hybridized carbons (Fsp3) is 0.333. The molecule has 0 aromatic heterocycles. The minimum atomic E-state index is -0.708. The third-order valence-electron chi connectivity index (χ3n) is 4.08. The first kappa shape index (κ1) is 21.6. The van der Waals surface area contributed by atoms with Gasteiger partial charge in [0.15, 0.2) is 0 Å². The van der Waals surface area contributed by atoms with Gasteiger partial charge in [0.1, 0.15) is 17.5 Å². The van der Waals surface area contributed by atoms with Crippen molar-refractivity contribution in [3.63, 3.8) is 0 Å². The van der Waals surface area contributed by atoms with Gasteiger partial charge in [-0.15, -0.1) is 0 Å². The zero-order valence-electron chi connectivity index (χ0n) is 16.4. The lowest BCUT2D eigenvalue weighted by Crippen LogP contribution is -2.47. The van der Waals surface area contributed by atoms with E-state index < -0.39 is 6.04 Å². The van der Waals surface area contributed by atoms with E-state index in [1.165, 1.54) is 7.11 Å². The second-order valence-electron chi connectivity index (χ2n) is 6.49. The van der Waals surface area contributed by atoms with Gasteiger partial charge in [-0.2, -0.15) is 0 Å². The number of carbonyl (C=O) groups is 2. The van der Waals surface area contributed by atoms with Gasteiger partial charge < -0.3 is 20.1 Å². The molecular weight excluding hydrogens is 380 g/mol. The second-order valence-corrected chi connectivity index (χ2v) is 6.90. The van der Waals surface area contributed by atoms with Crippen molar-refractivity contribution in [1.29, 1.82) is 0 Å². The van der Waals surface area contributed by atoms with Crippen LogP contribution in [0, 0.1) is 5.92 Å². The van der Waals surface area contributed by atoms with Gasteiger partial charge in [0.25, 0.3) is 5.91 Å². The topological polar surface area (TPSA) is 76.7 Å². The molecule has 1 unspecified atom stereocenters. The number of benzene rings is 2. The molecule has 0 aliphatic rings. The minimum absolute atomic E-state index is 0.111. The minimum Gasteiger partial charge on any atom is -0.495 e. The summed E-state index contributed by atoms with van der Waals surface area (Å²) in [5.41, 5.74) is 0.978. The zero-order valence-corrected chi connectivity index (χ0v) is 17.2. The van der Waals surface area contributed by atoms with E-state index in [-0.39, 0.29) is 17.7 Å². The van der Waals surface area contributed by atoms with Crippen LogP contribution in [0.25, 0.3) is 0 Å². The molecule has 0 aliphatic carbocycles. The van der Waals surface area contributed by atoms with Crippen LogP contribution in [-0.2, 0) is 4.79 Å². The number of halogens is 1. The Kier molecular flexibility index (Phi) is 7.70. The van der Waals surface area contributed by atoms with Crippen molar-refractivity contribution in [3.05, 3.63) is 53.1 Å². The van der Waals surface area contributed by atoms with Gasteiger partial charge in [-0.05, 0) is 55.3 Å². The fourth-order valence-electron chi connectivity index (χ4n) is 2.59. The summed E-state index contributed by atoms with van der Waals surface area (Å²) in [7, 11) is 1.52. The largest absolute Gasteiger partial charge is 0.495 e. The van der Waals surface area contributed by atoms with Crippen LogP contribution in [0.5, 0.6) is 11.5 Å². The first-order valence-electron chi connectivity index (χ1n) is 9.03. The molecule has 0 saturated carbocycles. The molecule has 2 aromatic rings. The molecule has 0 radical (unpaired) electrons. The number of hydrogen-bond donors (Lipinski definition) is 2. The molecule has 0 aliphatic heterocycles. The standard InChI is InChI=1S/C21H25ClN2O4/c1-5-28-16-9-6-14(7-10-16)20(25)24-19(13(2)3)21(26)23-15-8-11-18(27-4)17(22)12-15/h6-13,19H,5H2,1-4H3,(H,23,26)(H,24,25). The second kappa shape index (κ2) is 9.99. The SMILES string of the molecule is CCOc1ccc(C(=O)NC(C(=O)Nc2ccc(OC)c(Cl)c2)C(C)C)cc1. The number of rotatable bonds is 8. The monoisotopic (exact) mass is 404 g/mol. The van der Waals surface area contributed by atoms with Crippen molar-refractivity contribution in [2.24, 2.45) is 5.92 Å². The van der Waals surface area contributed by atoms with Crippen LogP contribution in [0.4, 0.5) is 5.69 Å². The Morgan fingerprint density at radius 1 is 1.11 bits per heavy atom. The van der Waals surface area contributed by atoms with Crippen LogP contribution in [0.2, 0.25) is 5.02 Å². The van der Waals surface area contributed by atoms with Gasteiger partial charge in [0, 0.05) is 11.3 Å². The smallest absolute Gasteiger partial charge is 0.251 e. The van der Waals surface area contributed by atoms with Gasteiger partial charge in [-0.25, -0.2) is 0 Å². The predicted molar refractivity (Wildman–Crippen MR) is 110 cm³/mol. The number of methoxy groups -OCH3 is 1. The molecule has 2 aromatic carbocycles. The van der Waals surface area contributed by atoms with Crippen LogP contribution in [-0.4, -0.2) is 31.6 Å². The van der Waals surface area contributed by atoms with Crippen molar-refractivity contribution in [1.82, 2.24) is 5.32 Å². The van der Waals surface area contributed by atoms with E-state index in [9.17, 15) is 9.59 Å². The summed E-state index contributed by atoms with van der Waals surface area (Å²) in [4.78, 5) is 25.3. The van der Waals surface area contributed by atoms with E-state index in [1.54, 1.807) is 42.5 Å². The first-order valence-corrected chi connectivity index (χ1v) is 9.41. The highest BCUT2D eigenvalue weighted by atomic mass is 35.5. The summed E-state index contributed by atoms with van der Waals surface area (Å²) in [5.74, 6) is 0.443. The van der Waals surface area contributed by atoms with E-state index in [4.69, 9.17) is 21.1 Å². The average Bonchev–Trinajstić information content (AvgIpc) is 2.66. The Morgan fingerprint density at radius 3 is 2.32 bits per heavy atom. The number of anilines is 1. The summed E-state index contributed by atoms with van der Waals surface area (Å²) in [5, 5.41) is 5.97. The quantitative estimate of drug-likeness (QED) is 0.693. The molecule has 28 heavy (non-hydrogen) atoms. The molecule has 0 heterocycles. The molecule has 0 bridgehead atoms. The first-order chi connectivity index (χ1) is 13.3. The van der Waals surface area contributed by atoms with E-state index in [0.717, 1.165) is 0 Å². The molecule has 2 rings (SSSR count). The lowest BCUT2D eigenvalue weighted by molar-refractivity contribution is -0.118. The lowest BCUT2D eigenvalue weighted by atomic mass is 10.0. The Labute approximate surface area is 170 Å². The third-order valence-corrected chi connectivity index (χ3v) is 4.38. The Hall–Kier alpha value is -2.73. The number of nitrogens with one attached hydrogen (secondary N) is 2. The van der Waals surface area contributed by atoms with Crippen molar-refractivity contribution in [2.75, 3.05) is 19.0 Å². The molecule has 0 saturated heterocycles. The Morgan fingerprint density at radius 2 is 1.79 bits per heavy atom. The number of ether oxygens (including phenoxy) is 2. The molecular formula is C21H25ClN2O4. The molecule has 7 heteroatoms. The van der Waals surface area contributed by atoms with Crippen molar-refractivity contribution >= 4 is 29.1 Å². The summed E-state index contributed by atoms with van der Waals surface area (Å²) in [6.45, 7) is 6.17. The number of hydrogen-bond acceptors (Lipinski definition) is 4. The zero-order chi connectivity index (χ0) is 20.7. The maximum atomic E-state index is 12.7. The number of carbonyl (C=O) groups excluding carboxylic acids is 2. The van der Waals surface area contributed by atoms with Crippen molar-refractivity contribution < 1.29 is 19.1 Å². The molecule has 6 nitrogen and oxygen atoms in total. The average molecular weight is 405 g/mol. The summed E-state index contributed by atoms with van der Waals surface area (Å²) in [6.07, 6.45) is 0. The van der Waals surface area contributed by atoms with Gasteiger partial charge in [0.05, 0.1) is 18.7 Å². The predicted octanol–water partition coefficient (Wildman–Crippen LogP) is 4.14. The maximum Gasteiger partial charge on any atom is 0.251 e. The third kappa shape index (κ3) is 5.63. The van der Waals surface area contributed by atoms with Crippen molar-refractivity contribution in [2.45, 2.75) is 26.8 Å². The summed E-state index contributed by atoms with van der Waals surface area (Å²) in [6, 6.07) is 11.0. The van der Waals surface area contributed by atoms with Crippen LogP contribution in [0.1, 0.15) is 31.1 Å². The fourth-order valence-corrected chi connectivity index (χ4v) is 2.85. The maximum absolute atomic E-state index is 12.7. The van der Waals surface area contributed by atoms with Crippen LogP contribution >= 0.6 is 11.6 Å². The van der Waals surface area contributed by atoms with Gasteiger partial charge in [-0.3, -0.25) is 9.59 Å². The Bertz CT molecular complexity index is 822. The van der Waals surface area contributed by atoms with Crippen LogP contribution in [0.15, 0.2) is 42.5 Å². The van der Waals surface area contributed by atoms with Crippen LogP contribution < -0.4 is 20.1 Å². The Balaban J connectivity index is 2.08. The highest BCUT2D eigenvalue weighted by molar-refractivity contribution is 6.32. The summed E-state index contributed by atoms with van der Waals surface area (Å²) < 4.78 is 10.5. The van der Waals surface area contributed by atoms with Crippen molar-refractivity contribution in [3.8, 4) is 11.5 Å². The molecule has 0 spiro atoms. The lowest BCUT2D eigenvalue weighted by Gasteiger charge is -2.22. The highest BCUT2D eigenvalue weighted by Gasteiger charge is 2.25.